The Labute approximate surface area is 94.8 Å². The number of nitrogens with two attached hydrogens (primary N) is 1. The zero-order valence-corrected chi connectivity index (χ0v) is 9.49. The number of carbonyl (C=O) groups excluding carboxylic acids is 2. The Balaban J connectivity index is 2.83. The highest BCUT2D eigenvalue weighted by Gasteiger charge is 2.09. The third-order valence-electron chi connectivity index (χ3n) is 2.19. The molecule has 0 radical (unpaired) electrons. The second-order valence-corrected chi connectivity index (χ2v) is 3.64. The van der Waals surface area contributed by atoms with E-state index in [9.17, 15) is 9.59 Å². The van der Waals surface area contributed by atoms with E-state index in [0.29, 0.717) is 17.7 Å². The molecule has 0 fully saturated rings. The van der Waals surface area contributed by atoms with E-state index in [-0.39, 0.29) is 11.7 Å². The topological polar surface area (TPSA) is 72.2 Å². The Morgan fingerprint density at radius 3 is 2.69 bits per heavy atom. The van der Waals surface area contributed by atoms with Gasteiger partial charge in [-0.25, -0.2) is 0 Å². The van der Waals surface area contributed by atoms with Crippen LogP contribution in [0.3, 0.4) is 0 Å². The van der Waals surface area contributed by atoms with Gasteiger partial charge in [0.15, 0.2) is 5.78 Å². The van der Waals surface area contributed by atoms with Crippen molar-refractivity contribution in [1.82, 2.24) is 0 Å². The molecule has 0 aliphatic carbocycles. The van der Waals surface area contributed by atoms with Gasteiger partial charge in [-0.1, -0.05) is 19.1 Å². The van der Waals surface area contributed by atoms with Gasteiger partial charge in [-0.15, -0.1) is 0 Å². The van der Waals surface area contributed by atoms with Crippen LogP contribution in [0.1, 0.15) is 30.6 Å². The zero-order valence-electron chi connectivity index (χ0n) is 9.49. The summed E-state index contributed by atoms with van der Waals surface area (Å²) in [6.07, 6.45) is 0.449. The van der Waals surface area contributed by atoms with E-state index < -0.39 is 6.04 Å². The average molecular weight is 220 g/mol. The molecule has 1 aromatic rings. The fourth-order valence-corrected chi connectivity index (χ4v) is 1.23. The number of Topliss-reactive ketones (excluding diaryl/α,β-unsaturated/α-hetero) is 1. The lowest BCUT2D eigenvalue weighted by Gasteiger charge is -2.08. The predicted molar refractivity (Wildman–Crippen MR) is 63.3 cm³/mol. The zero-order chi connectivity index (χ0) is 12.1. The first-order valence-electron chi connectivity index (χ1n) is 5.24. The minimum absolute atomic E-state index is 0.0527. The summed E-state index contributed by atoms with van der Waals surface area (Å²) in [5.41, 5.74) is 6.63. The number of anilines is 1. The van der Waals surface area contributed by atoms with Crippen molar-refractivity contribution in [3.05, 3.63) is 29.8 Å². The third kappa shape index (κ3) is 3.17. The predicted octanol–water partition coefficient (Wildman–Crippen LogP) is 1.56. The number of hydrogen-bond donors (Lipinski definition) is 2. The maximum atomic E-state index is 11.4. The highest BCUT2D eigenvalue weighted by Crippen LogP contribution is 2.12. The molecular formula is C12H16N2O2. The van der Waals surface area contributed by atoms with Gasteiger partial charge in [-0.2, -0.15) is 0 Å². The van der Waals surface area contributed by atoms with Gasteiger partial charge in [0.1, 0.15) is 0 Å². The van der Waals surface area contributed by atoms with Crippen LogP contribution in [0.15, 0.2) is 24.3 Å². The van der Waals surface area contributed by atoms with Gasteiger partial charge in [0, 0.05) is 17.7 Å². The van der Waals surface area contributed by atoms with Crippen LogP contribution >= 0.6 is 0 Å². The summed E-state index contributed by atoms with van der Waals surface area (Å²) in [5.74, 6) is -0.210. The second kappa shape index (κ2) is 5.42. The summed E-state index contributed by atoms with van der Waals surface area (Å²) in [4.78, 5) is 22.8. The fraction of sp³-hybridized carbons (Fsp3) is 0.333. The number of amides is 1. The minimum Gasteiger partial charge on any atom is -0.325 e. The Hall–Kier alpha value is -1.68. The van der Waals surface area contributed by atoms with Crippen LogP contribution < -0.4 is 11.1 Å². The molecule has 0 aromatic heterocycles. The van der Waals surface area contributed by atoms with Gasteiger partial charge in [0.2, 0.25) is 5.91 Å². The van der Waals surface area contributed by atoms with Gasteiger partial charge < -0.3 is 11.1 Å². The van der Waals surface area contributed by atoms with E-state index >= 15 is 0 Å². The molecule has 0 saturated carbocycles. The number of ketones is 1. The van der Waals surface area contributed by atoms with Crippen molar-refractivity contribution in [2.24, 2.45) is 5.73 Å². The fourth-order valence-electron chi connectivity index (χ4n) is 1.23. The van der Waals surface area contributed by atoms with Gasteiger partial charge in [-0.05, 0) is 19.1 Å². The smallest absolute Gasteiger partial charge is 0.240 e. The second-order valence-electron chi connectivity index (χ2n) is 3.64. The van der Waals surface area contributed by atoms with Crippen molar-refractivity contribution in [2.75, 3.05) is 5.32 Å². The summed E-state index contributed by atoms with van der Waals surface area (Å²) >= 11 is 0. The van der Waals surface area contributed by atoms with Crippen molar-refractivity contribution >= 4 is 17.4 Å². The van der Waals surface area contributed by atoms with Crippen LogP contribution in [0.2, 0.25) is 0 Å². The van der Waals surface area contributed by atoms with Crippen molar-refractivity contribution in [1.29, 1.82) is 0 Å². The summed E-state index contributed by atoms with van der Waals surface area (Å²) in [6, 6.07) is 6.29. The average Bonchev–Trinajstić information content (AvgIpc) is 2.28. The molecule has 1 atom stereocenters. The van der Waals surface area contributed by atoms with E-state index in [4.69, 9.17) is 5.73 Å². The Kier molecular flexibility index (Phi) is 4.19. The molecule has 0 unspecified atom stereocenters. The summed E-state index contributed by atoms with van der Waals surface area (Å²) in [6.45, 7) is 3.41. The largest absolute Gasteiger partial charge is 0.325 e. The minimum atomic E-state index is -0.564. The molecule has 4 heteroatoms. The Morgan fingerprint density at radius 2 is 2.12 bits per heavy atom. The van der Waals surface area contributed by atoms with Gasteiger partial charge in [-0.3, -0.25) is 9.59 Å². The maximum absolute atomic E-state index is 11.4. The molecule has 0 saturated heterocycles. The van der Waals surface area contributed by atoms with Gasteiger partial charge in [0.05, 0.1) is 6.04 Å². The molecule has 86 valence electrons. The molecule has 1 rings (SSSR count). The molecule has 0 aliphatic rings. The molecule has 4 nitrogen and oxygen atoms in total. The number of nitrogens with one attached hydrogen (secondary N) is 1. The first kappa shape index (κ1) is 12.4. The quantitative estimate of drug-likeness (QED) is 0.756. The Morgan fingerprint density at radius 1 is 1.44 bits per heavy atom. The van der Waals surface area contributed by atoms with Crippen LogP contribution in [0.4, 0.5) is 5.69 Å². The van der Waals surface area contributed by atoms with E-state index in [2.05, 4.69) is 5.32 Å². The SMILES string of the molecule is CCC(=O)c1cccc(NC(=O)[C@@H](C)N)c1. The molecule has 0 spiro atoms. The highest BCUT2D eigenvalue weighted by atomic mass is 16.2. The lowest BCUT2D eigenvalue weighted by molar-refractivity contribution is -0.117. The van der Waals surface area contributed by atoms with Crippen LogP contribution in [0.5, 0.6) is 0 Å². The van der Waals surface area contributed by atoms with Crippen LogP contribution in [0.25, 0.3) is 0 Å². The maximum Gasteiger partial charge on any atom is 0.240 e. The lowest BCUT2D eigenvalue weighted by atomic mass is 10.1. The molecule has 1 amide bonds. The monoisotopic (exact) mass is 220 g/mol. The number of rotatable bonds is 4. The van der Waals surface area contributed by atoms with Crippen LogP contribution in [-0.4, -0.2) is 17.7 Å². The van der Waals surface area contributed by atoms with E-state index in [1.165, 1.54) is 0 Å². The van der Waals surface area contributed by atoms with Crippen LogP contribution in [-0.2, 0) is 4.79 Å². The van der Waals surface area contributed by atoms with E-state index in [1.54, 1.807) is 38.1 Å². The van der Waals surface area contributed by atoms with Crippen molar-refractivity contribution < 1.29 is 9.59 Å². The molecule has 1 aromatic carbocycles. The van der Waals surface area contributed by atoms with Crippen molar-refractivity contribution in [3.63, 3.8) is 0 Å². The number of carbonyl (C=O) groups is 2. The van der Waals surface area contributed by atoms with Gasteiger partial charge >= 0.3 is 0 Å². The highest BCUT2D eigenvalue weighted by molar-refractivity contribution is 5.99. The first-order valence-corrected chi connectivity index (χ1v) is 5.24. The lowest BCUT2D eigenvalue weighted by Crippen LogP contribution is -2.32. The first-order chi connectivity index (χ1) is 7.54. The van der Waals surface area contributed by atoms with Crippen molar-refractivity contribution in [2.45, 2.75) is 26.3 Å². The summed E-state index contributed by atoms with van der Waals surface area (Å²) in [5, 5.41) is 2.64. The van der Waals surface area contributed by atoms with E-state index in [1.807, 2.05) is 0 Å². The molecule has 0 aliphatic heterocycles. The summed E-state index contributed by atoms with van der Waals surface area (Å²) < 4.78 is 0. The van der Waals surface area contributed by atoms with E-state index in [0.717, 1.165) is 0 Å². The van der Waals surface area contributed by atoms with Crippen molar-refractivity contribution in [3.8, 4) is 0 Å². The normalized spacial score (nSPS) is 11.9. The molecule has 0 bridgehead atoms. The molecule has 16 heavy (non-hydrogen) atoms. The number of hydrogen-bond acceptors (Lipinski definition) is 3. The summed E-state index contributed by atoms with van der Waals surface area (Å²) in [7, 11) is 0. The Bertz CT molecular complexity index is 400. The standard InChI is InChI=1S/C12H16N2O2/c1-3-11(15)9-5-4-6-10(7-9)14-12(16)8(2)13/h4-8H,3,13H2,1-2H3,(H,14,16)/t8-/m1/s1. The molecule has 0 heterocycles. The molecule has 3 N–H and O–H groups in total. The molecular weight excluding hydrogens is 204 g/mol. The third-order valence-corrected chi connectivity index (χ3v) is 2.19. The van der Waals surface area contributed by atoms with Gasteiger partial charge in [0.25, 0.3) is 0 Å². The number of benzene rings is 1. The van der Waals surface area contributed by atoms with Crippen LogP contribution in [0, 0.1) is 0 Å².